The van der Waals surface area contributed by atoms with Crippen LogP contribution < -0.4 is 4.74 Å². The first kappa shape index (κ1) is 18.1. The number of hydrogen-bond acceptors (Lipinski definition) is 4. The van der Waals surface area contributed by atoms with E-state index in [2.05, 4.69) is 20.8 Å². The molecule has 4 nitrogen and oxygen atoms in total. The van der Waals surface area contributed by atoms with Gasteiger partial charge in [0.2, 0.25) is 12.1 Å². The lowest BCUT2D eigenvalue weighted by Crippen LogP contribution is -2.41. The van der Waals surface area contributed by atoms with E-state index in [4.69, 9.17) is 9.47 Å². The maximum atomic E-state index is 12.6. The Hall–Kier alpha value is -2.20. The second-order valence-corrected chi connectivity index (χ2v) is 6.82. The Labute approximate surface area is 143 Å². The van der Waals surface area contributed by atoms with E-state index in [1.54, 1.807) is 24.3 Å². The van der Waals surface area contributed by atoms with Gasteiger partial charge in [-0.2, -0.15) is 0 Å². The van der Waals surface area contributed by atoms with Crippen LogP contribution in [0.15, 0.2) is 48.6 Å². The summed E-state index contributed by atoms with van der Waals surface area (Å²) in [7, 11) is 1.46. The summed E-state index contributed by atoms with van der Waals surface area (Å²) in [6.07, 6.45) is 8.26. The summed E-state index contributed by atoms with van der Waals surface area (Å²) in [6.45, 7) is 6.16. The van der Waals surface area contributed by atoms with Gasteiger partial charge in [-0.3, -0.25) is 9.59 Å². The average Bonchev–Trinajstić information content (AvgIpc) is 2.59. The van der Waals surface area contributed by atoms with Gasteiger partial charge in [0, 0.05) is 7.11 Å². The van der Waals surface area contributed by atoms with Crippen molar-refractivity contribution in [2.45, 2.75) is 31.8 Å². The van der Waals surface area contributed by atoms with E-state index in [1.807, 2.05) is 30.6 Å². The molecule has 0 aliphatic heterocycles. The van der Waals surface area contributed by atoms with E-state index < -0.39 is 11.5 Å². The highest BCUT2D eigenvalue weighted by atomic mass is 16.5. The van der Waals surface area contributed by atoms with Crippen LogP contribution in [-0.2, 0) is 19.7 Å². The fraction of sp³-hybridized carbons (Fsp3) is 0.400. The fourth-order valence-electron chi connectivity index (χ4n) is 2.60. The number of ketones is 1. The van der Waals surface area contributed by atoms with Crippen LogP contribution >= 0.6 is 0 Å². The Morgan fingerprint density at radius 3 is 2.38 bits per heavy atom. The highest BCUT2D eigenvalue weighted by Crippen LogP contribution is 2.31. The monoisotopic (exact) mass is 327 g/mol. The maximum absolute atomic E-state index is 12.6. The molecule has 4 heteroatoms. The van der Waals surface area contributed by atoms with Gasteiger partial charge in [-0.05, 0) is 29.2 Å². The molecule has 24 heavy (non-hydrogen) atoms. The highest BCUT2D eigenvalue weighted by Gasteiger charge is 2.35. The summed E-state index contributed by atoms with van der Waals surface area (Å²) in [5, 5.41) is 0. The molecule has 0 aromatic heterocycles. The number of hydrogen-bond donors (Lipinski definition) is 0. The molecule has 0 heterocycles. The molecular formula is C20H23O4. The minimum Gasteiger partial charge on any atom is -0.485 e. The van der Waals surface area contributed by atoms with E-state index in [-0.39, 0.29) is 17.8 Å². The second kappa shape index (κ2) is 7.14. The third-order valence-electron chi connectivity index (χ3n) is 4.07. The zero-order valence-electron chi connectivity index (χ0n) is 14.5. The quantitative estimate of drug-likeness (QED) is 0.753. The smallest absolute Gasteiger partial charge is 0.209 e. The van der Waals surface area contributed by atoms with Gasteiger partial charge in [-0.1, -0.05) is 51.1 Å². The summed E-state index contributed by atoms with van der Waals surface area (Å²) in [5.41, 5.74) is -0.241. The molecular weight excluding hydrogens is 304 g/mol. The van der Waals surface area contributed by atoms with Crippen molar-refractivity contribution >= 4 is 12.1 Å². The number of carbonyl (C=O) groups excluding carboxylic acids is 2. The zero-order valence-corrected chi connectivity index (χ0v) is 14.5. The summed E-state index contributed by atoms with van der Waals surface area (Å²) < 4.78 is 11.2. The zero-order chi connectivity index (χ0) is 17.8. The molecule has 0 amide bonds. The van der Waals surface area contributed by atoms with Gasteiger partial charge in [0.1, 0.15) is 5.75 Å². The van der Waals surface area contributed by atoms with Crippen molar-refractivity contribution < 1.29 is 19.1 Å². The molecule has 1 aliphatic rings. The Balaban J connectivity index is 2.14. The van der Waals surface area contributed by atoms with E-state index in [9.17, 15) is 9.59 Å². The summed E-state index contributed by atoms with van der Waals surface area (Å²) in [4.78, 5) is 23.3. The topological polar surface area (TPSA) is 52.6 Å². The van der Waals surface area contributed by atoms with E-state index in [0.717, 1.165) is 5.56 Å². The Kier molecular flexibility index (Phi) is 5.40. The van der Waals surface area contributed by atoms with Crippen molar-refractivity contribution in [2.75, 3.05) is 13.7 Å². The maximum Gasteiger partial charge on any atom is 0.209 e. The molecule has 0 spiro atoms. The third kappa shape index (κ3) is 3.82. The van der Waals surface area contributed by atoms with Gasteiger partial charge in [0.05, 0.1) is 5.92 Å². The first-order chi connectivity index (χ1) is 11.3. The minimum absolute atomic E-state index is 0.0871. The van der Waals surface area contributed by atoms with Crippen LogP contribution in [0.25, 0.3) is 0 Å². The van der Waals surface area contributed by atoms with Crippen LogP contribution in [0.2, 0.25) is 0 Å². The van der Waals surface area contributed by atoms with Crippen molar-refractivity contribution in [2.24, 2.45) is 5.92 Å². The molecule has 0 N–H and O–H groups in total. The van der Waals surface area contributed by atoms with Crippen molar-refractivity contribution in [1.29, 1.82) is 0 Å². The Morgan fingerprint density at radius 1 is 1.21 bits per heavy atom. The normalized spacial score (nSPS) is 23.1. The van der Waals surface area contributed by atoms with E-state index in [1.165, 1.54) is 7.11 Å². The summed E-state index contributed by atoms with van der Waals surface area (Å²) >= 11 is 0. The van der Waals surface area contributed by atoms with Crippen LogP contribution in [0, 0.1) is 5.92 Å². The van der Waals surface area contributed by atoms with Gasteiger partial charge in [0.25, 0.3) is 0 Å². The predicted molar refractivity (Wildman–Crippen MR) is 92.8 cm³/mol. The molecule has 1 aliphatic carbocycles. The lowest BCUT2D eigenvalue weighted by atomic mass is 9.86. The predicted octanol–water partition coefficient (Wildman–Crippen LogP) is 3.17. The molecule has 0 bridgehead atoms. The van der Waals surface area contributed by atoms with Crippen molar-refractivity contribution in [1.82, 2.24) is 0 Å². The van der Waals surface area contributed by atoms with Gasteiger partial charge in [0.15, 0.2) is 12.2 Å². The molecule has 127 valence electrons. The SMILES string of the molecule is COC1(C(=O)COc2ccccc2C(C)(C)C)C=CC([C]=O)C=C1. The van der Waals surface area contributed by atoms with Crippen LogP contribution in [-0.4, -0.2) is 31.4 Å². The fourth-order valence-corrected chi connectivity index (χ4v) is 2.60. The Bertz CT molecular complexity index is 650. The molecule has 0 fully saturated rings. The molecule has 1 aromatic rings. The number of para-hydroxylation sites is 1. The van der Waals surface area contributed by atoms with Crippen molar-refractivity contribution in [3.8, 4) is 5.75 Å². The number of ether oxygens (including phenoxy) is 2. The minimum atomic E-state index is -1.19. The number of rotatable bonds is 6. The molecule has 0 unspecified atom stereocenters. The number of allylic oxidation sites excluding steroid dienone is 2. The molecule has 2 rings (SSSR count). The van der Waals surface area contributed by atoms with Gasteiger partial charge in [-0.25, -0.2) is 0 Å². The second-order valence-electron chi connectivity index (χ2n) is 6.82. The molecule has 1 radical (unpaired) electrons. The largest absolute Gasteiger partial charge is 0.485 e. The van der Waals surface area contributed by atoms with Crippen LogP contribution in [0.4, 0.5) is 0 Å². The van der Waals surface area contributed by atoms with Gasteiger partial charge < -0.3 is 9.47 Å². The van der Waals surface area contributed by atoms with Crippen LogP contribution in [0.5, 0.6) is 5.75 Å². The van der Waals surface area contributed by atoms with Crippen LogP contribution in [0.1, 0.15) is 26.3 Å². The van der Waals surface area contributed by atoms with Crippen molar-refractivity contribution in [3.05, 3.63) is 54.1 Å². The lowest BCUT2D eigenvalue weighted by Gasteiger charge is -2.28. The molecule has 0 saturated carbocycles. The first-order valence-corrected chi connectivity index (χ1v) is 7.89. The molecule has 1 aromatic carbocycles. The number of Topliss-reactive ketones (excluding diaryl/α,β-unsaturated/α-hetero) is 1. The van der Waals surface area contributed by atoms with Gasteiger partial charge in [-0.15, -0.1) is 0 Å². The molecule has 0 atom stereocenters. The van der Waals surface area contributed by atoms with Gasteiger partial charge >= 0.3 is 0 Å². The van der Waals surface area contributed by atoms with Crippen LogP contribution in [0.3, 0.4) is 0 Å². The lowest BCUT2D eigenvalue weighted by molar-refractivity contribution is -0.133. The number of methoxy groups -OCH3 is 1. The summed E-state index contributed by atoms with van der Waals surface area (Å²) in [5.74, 6) is 0.0154. The van der Waals surface area contributed by atoms with Crippen molar-refractivity contribution in [3.63, 3.8) is 0 Å². The number of benzene rings is 1. The average molecular weight is 327 g/mol. The molecule has 0 saturated heterocycles. The highest BCUT2D eigenvalue weighted by molar-refractivity contribution is 5.93. The van der Waals surface area contributed by atoms with E-state index in [0.29, 0.717) is 5.75 Å². The van der Waals surface area contributed by atoms with E-state index >= 15 is 0 Å². The number of carbonyl (C=O) groups is 1. The third-order valence-corrected chi connectivity index (χ3v) is 4.07. The summed E-state index contributed by atoms with van der Waals surface area (Å²) in [6, 6.07) is 7.69. The standard InChI is InChI=1S/C20H23O4/c1-19(2,3)16-7-5-6-8-17(16)24-14-18(22)20(23-4)11-9-15(13-21)10-12-20/h5-12,15H,14H2,1-4H3. The Morgan fingerprint density at radius 2 is 1.83 bits per heavy atom. The first-order valence-electron chi connectivity index (χ1n) is 7.89.